The average molecular weight is 190 g/mol. The topological polar surface area (TPSA) is 37.8 Å². The van der Waals surface area contributed by atoms with Crippen molar-refractivity contribution in [1.82, 2.24) is 9.97 Å². The van der Waals surface area contributed by atoms with Gasteiger partial charge in [0, 0.05) is 11.9 Å². The van der Waals surface area contributed by atoms with Crippen LogP contribution >= 0.6 is 11.6 Å². The number of nitrogens with one attached hydrogen (secondary N) is 1. The lowest BCUT2D eigenvalue weighted by atomic mass is 10.5. The van der Waals surface area contributed by atoms with E-state index in [1.165, 1.54) is 0 Å². The van der Waals surface area contributed by atoms with Gasteiger partial charge in [-0.15, -0.1) is 11.6 Å². The van der Waals surface area contributed by atoms with Gasteiger partial charge in [-0.2, -0.15) is 0 Å². The zero-order chi connectivity index (χ0) is 8.97. The molecule has 0 spiro atoms. The number of alkyl halides is 1. The van der Waals surface area contributed by atoms with E-state index >= 15 is 0 Å². The maximum absolute atomic E-state index is 12.3. The SMILES string of the molecule is CC(Cl)CNc1ncc(F)cn1. The minimum atomic E-state index is -0.445. The van der Waals surface area contributed by atoms with Crippen LogP contribution in [0.3, 0.4) is 0 Å². The van der Waals surface area contributed by atoms with Crippen LogP contribution < -0.4 is 5.32 Å². The molecule has 1 heterocycles. The molecule has 1 unspecified atom stereocenters. The van der Waals surface area contributed by atoms with Crippen LogP contribution in [0.2, 0.25) is 0 Å². The summed E-state index contributed by atoms with van der Waals surface area (Å²) in [5, 5.41) is 2.85. The Morgan fingerprint density at radius 2 is 2.17 bits per heavy atom. The molecule has 0 aliphatic carbocycles. The Bertz CT molecular complexity index is 237. The predicted molar refractivity (Wildman–Crippen MR) is 45.8 cm³/mol. The fraction of sp³-hybridized carbons (Fsp3) is 0.429. The molecule has 0 aliphatic rings. The normalized spacial score (nSPS) is 12.6. The van der Waals surface area contributed by atoms with Gasteiger partial charge in [0.25, 0.3) is 0 Å². The smallest absolute Gasteiger partial charge is 0.222 e. The molecule has 0 bridgehead atoms. The second-order valence-corrected chi connectivity index (χ2v) is 3.13. The highest BCUT2D eigenvalue weighted by molar-refractivity contribution is 6.20. The molecule has 1 atom stereocenters. The monoisotopic (exact) mass is 189 g/mol. The molecule has 1 aromatic heterocycles. The van der Waals surface area contributed by atoms with Crippen LogP contribution in [0, 0.1) is 5.82 Å². The molecule has 1 N–H and O–H groups in total. The zero-order valence-electron chi connectivity index (χ0n) is 6.59. The lowest BCUT2D eigenvalue weighted by Gasteiger charge is -2.04. The lowest BCUT2D eigenvalue weighted by Crippen LogP contribution is -2.12. The molecule has 0 amide bonds. The molecule has 0 aliphatic heterocycles. The van der Waals surface area contributed by atoms with Crippen molar-refractivity contribution in [3.8, 4) is 0 Å². The van der Waals surface area contributed by atoms with Gasteiger partial charge in [0.15, 0.2) is 5.82 Å². The summed E-state index contributed by atoms with van der Waals surface area (Å²) in [5.74, 6) is -0.0524. The first kappa shape index (κ1) is 9.19. The molecule has 0 fully saturated rings. The molecule has 5 heteroatoms. The van der Waals surface area contributed by atoms with E-state index in [1.807, 2.05) is 6.92 Å². The lowest BCUT2D eigenvalue weighted by molar-refractivity contribution is 0.614. The van der Waals surface area contributed by atoms with E-state index in [-0.39, 0.29) is 5.38 Å². The van der Waals surface area contributed by atoms with Gasteiger partial charge in [-0.1, -0.05) is 0 Å². The summed E-state index contributed by atoms with van der Waals surface area (Å²) >= 11 is 5.67. The largest absolute Gasteiger partial charge is 0.353 e. The van der Waals surface area contributed by atoms with Crippen molar-refractivity contribution in [2.45, 2.75) is 12.3 Å². The van der Waals surface area contributed by atoms with Crippen LogP contribution in [0.4, 0.5) is 10.3 Å². The maximum atomic E-state index is 12.3. The van der Waals surface area contributed by atoms with E-state index in [2.05, 4.69) is 15.3 Å². The number of hydrogen-bond acceptors (Lipinski definition) is 3. The van der Waals surface area contributed by atoms with Gasteiger partial charge in [-0.3, -0.25) is 0 Å². The van der Waals surface area contributed by atoms with Crippen LogP contribution in [0.15, 0.2) is 12.4 Å². The van der Waals surface area contributed by atoms with Gasteiger partial charge >= 0.3 is 0 Å². The highest BCUT2D eigenvalue weighted by atomic mass is 35.5. The van der Waals surface area contributed by atoms with E-state index in [0.717, 1.165) is 12.4 Å². The first-order valence-corrected chi connectivity index (χ1v) is 3.97. The number of anilines is 1. The molecular formula is C7H9ClFN3. The number of rotatable bonds is 3. The molecule has 1 aromatic rings. The predicted octanol–water partition coefficient (Wildman–Crippen LogP) is 1.65. The van der Waals surface area contributed by atoms with Gasteiger partial charge in [-0.25, -0.2) is 14.4 Å². The molecule has 0 aromatic carbocycles. The molecule has 1 rings (SSSR count). The summed E-state index contributed by atoms with van der Waals surface area (Å²) in [6.45, 7) is 2.41. The van der Waals surface area contributed by atoms with Crippen molar-refractivity contribution in [1.29, 1.82) is 0 Å². The zero-order valence-corrected chi connectivity index (χ0v) is 7.35. The van der Waals surface area contributed by atoms with Crippen molar-refractivity contribution in [2.75, 3.05) is 11.9 Å². The van der Waals surface area contributed by atoms with Crippen LogP contribution in [0.5, 0.6) is 0 Å². The van der Waals surface area contributed by atoms with Crippen LogP contribution in [-0.4, -0.2) is 21.9 Å². The van der Waals surface area contributed by atoms with Gasteiger partial charge in [0.05, 0.1) is 12.4 Å². The fourth-order valence-electron chi connectivity index (χ4n) is 0.635. The Balaban J connectivity index is 2.48. The van der Waals surface area contributed by atoms with E-state index in [9.17, 15) is 4.39 Å². The molecule has 3 nitrogen and oxygen atoms in total. The Morgan fingerprint density at radius 3 is 2.67 bits per heavy atom. The van der Waals surface area contributed by atoms with Crippen molar-refractivity contribution in [2.24, 2.45) is 0 Å². The highest BCUT2D eigenvalue weighted by Crippen LogP contribution is 1.99. The van der Waals surface area contributed by atoms with Crippen molar-refractivity contribution < 1.29 is 4.39 Å². The summed E-state index contributed by atoms with van der Waals surface area (Å²) < 4.78 is 12.3. The number of nitrogens with zero attached hydrogens (tertiary/aromatic N) is 2. The third kappa shape index (κ3) is 3.00. The molecule has 12 heavy (non-hydrogen) atoms. The Labute approximate surface area is 75.0 Å². The fourth-order valence-corrected chi connectivity index (χ4v) is 0.713. The first-order valence-electron chi connectivity index (χ1n) is 3.54. The van der Waals surface area contributed by atoms with E-state index in [4.69, 9.17) is 11.6 Å². The number of aromatic nitrogens is 2. The summed E-state index contributed by atoms with van der Waals surface area (Å²) in [6, 6.07) is 0. The molecule has 0 saturated carbocycles. The summed E-state index contributed by atoms with van der Waals surface area (Å²) in [7, 11) is 0. The second kappa shape index (κ2) is 4.21. The standard InChI is InChI=1S/C7H9ClFN3/c1-5(8)2-10-7-11-3-6(9)4-12-7/h3-5H,2H2,1H3,(H,10,11,12). The summed E-state index contributed by atoms with van der Waals surface area (Å²) in [6.07, 6.45) is 2.21. The summed E-state index contributed by atoms with van der Waals surface area (Å²) in [4.78, 5) is 7.39. The van der Waals surface area contributed by atoms with Crippen LogP contribution in [-0.2, 0) is 0 Å². The molecule has 0 saturated heterocycles. The van der Waals surface area contributed by atoms with E-state index in [1.54, 1.807) is 0 Å². The van der Waals surface area contributed by atoms with E-state index in [0.29, 0.717) is 12.5 Å². The Morgan fingerprint density at radius 1 is 1.58 bits per heavy atom. The highest BCUT2D eigenvalue weighted by Gasteiger charge is 1.98. The quantitative estimate of drug-likeness (QED) is 0.735. The minimum Gasteiger partial charge on any atom is -0.353 e. The average Bonchev–Trinajstić information content (AvgIpc) is 2.03. The summed E-state index contributed by atoms with van der Waals surface area (Å²) in [5.41, 5.74) is 0. The molecule has 66 valence electrons. The number of hydrogen-bond donors (Lipinski definition) is 1. The van der Waals surface area contributed by atoms with E-state index < -0.39 is 5.82 Å². The van der Waals surface area contributed by atoms with Crippen LogP contribution in [0.25, 0.3) is 0 Å². The third-order valence-corrected chi connectivity index (χ3v) is 1.32. The maximum Gasteiger partial charge on any atom is 0.222 e. The van der Waals surface area contributed by atoms with Crippen molar-refractivity contribution in [3.63, 3.8) is 0 Å². The third-order valence-electron chi connectivity index (χ3n) is 1.16. The number of halogens is 2. The Kier molecular flexibility index (Phi) is 3.22. The van der Waals surface area contributed by atoms with Crippen molar-refractivity contribution >= 4 is 17.5 Å². The second-order valence-electron chi connectivity index (χ2n) is 2.39. The van der Waals surface area contributed by atoms with Gasteiger partial charge < -0.3 is 5.32 Å². The van der Waals surface area contributed by atoms with Crippen LogP contribution in [0.1, 0.15) is 6.92 Å². The Hall–Kier alpha value is -0.900. The van der Waals surface area contributed by atoms with Gasteiger partial charge in [0.2, 0.25) is 5.95 Å². The molecule has 0 radical (unpaired) electrons. The molecular weight excluding hydrogens is 181 g/mol. The van der Waals surface area contributed by atoms with Gasteiger partial charge in [-0.05, 0) is 6.92 Å². The van der Waals surface area contributed by atoms with Gasteiger partial charge in [0.1, 0.15) is 0 Å². The minimum absolute atomic E-state index is 0.00125. The first-order chi connectivity index (χ1) is 5.68. The van der Waals surface area contributed by atoms with Crippen molar-refractivity contribution in [3.05, 3.63) is 18.2 Å².